The predicted molar refractivity (Wildman–Crippen MR) is 101 cm³/mol. The van der Waals surface area contributed by atoms with E-state index in [-0.39, 0.29) is 24.1 Å². The summed E-state index contributed by atoms with van der Waals surface area (Å²) < 4.78 is 10.7. The van der Waals surface area contributed by atoms with Crippen LogP contribution in [0.25, 0.3) is 0 Å². The number of benzene rings is 2. The predicted octanol–water partition coefficient (Wildman–Crippen LogP) is 4.39. The van der Waals surface area contributed by atoms with Crippen LogP contribution < -0.4 is 10.5 Å². The van der Waals surface area contributed by atoms with Crippen molar-refractivity contribution in [2.45, 2.75) is 27.2 Å². The molecule has 1 atom stereocenters. The van der Waals surface area contributed by atoms with Gasteiger partial charge < -0.3 is 15.2 Å². The second-order valence-corrected chi connectivity index (χ2v) is 6.62. The van der Waals surface area contributed by atoms with Gasteiger partial charge in [-0.1, -0.05) is 32.0 Å². The zero-order valence-corrected chi connectivity index (χ0v) is 15.6. The van der Waals surface area contributed by atoms with Gasteiger partial charge in [-0.25, -0.2) is 0 Å². The zero-order valence-electron chi connectivity index (χ0n) is 15.6. The number of hydrogen-bond acceptors (Lipinski definition) is 5. The number of ether oxygens (including phenoxy) is 2. The summed E-state index contributed by atoms with van der Waals surface area (Å²) in [5.74, 6) is 0.120. The van der Waals surface area contributed by atoms with Gasteiger partial charge in [0.1, 0.15) is 11.5 Å². The van der Waals surface area contributed by atoms with E-state index in [2.05, 4.69) is 0 Å². The van der Waals surface area contributed by atoms with Crippen molar-refractivity contribution in [2.24, 2.45) is 11.8 Å². The highest BCUT2D eigenvalue weighted by Gasteiger charge is 2.27. The molecule has 0 saturated heterocycles. The van der Waals surface area contributed by atoms with E-state index >= 15 is 0 Å². The Hall–Kier alpha value is -2.82. The molecule has 0 aliphatic rings. The van der Waals surface area contributed by atoms with Gasteiger partial charge in [-0.3, -0.25) is 9.59 Å². The van der Waals surface area contributed by atoms with Crippen molar-refractivity contribution in [3.63, 3.8) is 0 Å². The molecule has 5 heteroatoms. The Kier molecular flexibility index (Phi) is 6.39. The molecular weight excluding hydrogens is 330 g/mol. The molecule has 0 aromatic heterocycles. The molecule has 2 N–H and O–H groups in total. The molecule has 0 aliphatic heterocycles. The van der Waals surface area contributed by atoms with Gasteiger partial charge in [-0.05, 0) is 42.7 Å². The Morgan fingerprint density at radius 3 is 2.42 bits per heavy atom. The maximum absolute atomic E-state index is 12.7. The number of methoxy groups -OCH3 is 1. The fourth-order valence-electron chi connectivity index (χ4n) is 2.69. The van der Waals surface area contributed by atoms with Crippen LogP contribution in [-0.2, 0) is 9.53 Å². The quantitative estimate of drug-likeness (QED) is 0.453. The number of esters is 1. The van der Waals surface area contributed by atoms with Crippen molar-refractivity contribution < 1.29 is 19.1 Å². The topological polar surface area (TPSA) is 78.6 Å². The Labute approximate surface area is 154 Å². The highest BCUT2D eigenvalue weighted by atomic mass is 16.5. The molecule has 0 saturated carbocycles. The summed E-state index contributed by atoms with van der Waals surface area (Å²) in [7, 11) is 1.33. The average molecular weight is 355 g/mol. The standard InChI is InChI=1S/C21H25NO4/c1-13(2)16(21(24)25-4)12-19(23)17-11-15(9-10-18(17)22)26-20-8-6-5-7-14(20)3/h5-11,13,16H,12,22H2,1-4H3/t16-/m1/s1. The number of carbonyl (C=O) groups excluding carboxylic acids is 2. The van der Waals surface area contributed by atoms with Gasteiger partial charge in [0.25, 0.3) is 0 Å². The molecule has 2 rings (SSSR count). The zero-order chi connectivity index (χ0) is 19.3. The number of rotatable bonds is 7. The first-order chi connectivity index (χ1) is 12.3. The lowest BCUT2D eigenvalue weighted by molar-refractivity contribution is -0.146. The SMILES string of the molecule is COC(=O)[C@H](CC(=O)c1cc(Oc2ccccc2C)ccc1N)C(C)C. The summed E-state index contributed by atoms with van der Waals surface area (Å²) in [6.45, 7) is 5.72. The van der Waals surface area contributed by atoms with Crippen LogP contribution in [0.5, 0.6) is 11.5 Å². The maximum Gasteiger partial charge on any atom is 0.309 e. The van der Waals surface area contributed by atoms with Gasteiger partial charge >= 0.3 is 5.97 Å². The minimum absolute atomic E-state index is 0.0148. The summed E-state index contributed by atoms with van der Waals surface area (Å²) in [6.07, 6.45) is 0.0440. The molecule has 0 radical (unpaired) electrons. The highest BCUT2D eigenvalue weighted by Crippen LogP contribution is 2.29. The summed E-state index contributed by atoms with van der Waals surface area (Å²) >= 11 is 0. The number of ketones is 1. The van der Waals surface area contributed by atoms with E-state index in [1.54, 1.807) is 18.2 Å². The van der Waals surface area contributed by atoms with E-state index in [0.717, 1.165) is 5.56 Å². The third kappa shape index (κ3) is 4.63. The fourth-order valence-corrected chi connectivity index (χ4v) is 2.69. The summed E-state index contributed by atoms with van der Waals surface area (Å²) in [4.78, 5) is 24.6. The molecular formula is C21H25NO4. The molecule has 0 aliphatic carbocycles. The van der Waals surface area contributed by atoms with Crippen molar-refractivity contribution >= 4 is 17.4 Å². The lowest BCUT2D eigenvalue weighted by Crippen LogP contribution is -2.25. The van der Waals surface area contributed by atoms with Crippen molar-refractivity contribution in [2.75, 3.05) is 12.8 Å². The highest BCUT2D eigenvalue weighted by molar-refractivity contribution is 6.02. The molecule has 2 aromatic rings. The van der Waals surface area contributed by atoms with Crippen LogP contribution >= 0.6 is 0 Å². The first kappa shape index (κ1) is 19.5. The van der Waals surface area contributed by atoms with Crippen LogP contribution in [-0.4, -0.2) is 18.9 Å². The molecule has 5 nitrogen and oxygen atoms in total. The number of nitrogens with two attached hydrogens (primary N) is 1. The number of nitrogen functional groups attached to an aromatic ring is 1. The van der Waals surface area contributed by atoms with Crippen molar-refractivity contribution in [3.8, 4) is 11.5 Å². The molecule has 0 unspecified atom stereocenters. The number of Topliss-reactive ketones (excluding diaryl/α,β-unsaturated/α-hetero) is 1. The van der Waals surface area contributed by atoms with Crippen LogP contribution in [0.1, 0.15) is 36.2 Å². The molecule has 0 bridgehead atoms. The number of para-hydroxylation sites is 1. The number of carbonyl (C=O) groups is 2. The second-order valence-electron chi connectivity index (χ2n) is 6.62. The average Bonchev–Trinajstić information content (AvgIpc) is 2.62. The van der Waals surface area contributed by atoms with Gasteiger partial charge in [-0.15, -0.1) is 0 Å². The van der Waals surface area contributed by atoms with E-state index in [4.69, 9.17) is 15.2 Å². The molecule has 2 aromatic carbocycles. The van der Waals surface area contributed by atoms with Crippen molar-refractivity contribution in [1.29, 1.82) is 0 Å². The normalized spacial score (nSPS) is 11.9. The minimum atomic E-state index is -0.507. The van der Waals surface area contributed by atoms with E-state index in [1.807, 2.05) is 45.0 Å². The Balaban J connectivity index is 2.24. The van der Waals surface area contributed by atoms with Gasteiger partial charge in [-0.2, -0.15) is 0 Å². The van der Waals surface area contributed by atoms with Crippen molar-refractivity contribution in [1.82, 2.24) is 0 Å². The lowest BCUT2D eigenvalue weighted by atomic mass is 9.88. The van der Waals surface area contributed by atoms with Crippen LogP contribution in [0.4, 0.5) is 5.69 Å². The molecule has 0 fully saturated rings. The van der Waals surface area contributed by atoms with E-state index in [9.17, 15) is 9.59 Å². The maximum atomic E-state index is 12.7. The van der Waals surface area contributed by atoms with Gasteiger partial charge in [0, 0.05) is 17.7 Å². The van der Waals surface area contributed by atoms with Crippen LogP contribution in [0.2, 0.25) is 0 Å². The Morgan fingerprint density at radius 1 is 1.12 bits per heavy atom. The van der Waals surface area contributed by atoms with Crippen LogP contribution in [0.15, 0.2) is 42.5 Å². The third-order valence-electron chi connectivity index (χ3n) is 4.36. The van der Waals surface area contributed by atoms with Crippen LogP contribution in [0.3, 0.4) is 0 Å². The molecule has 0 heterocycles. The summed E-state index contributed by atoms with van der Waals surface area (Å²) in [5, 5.41) is 0. The molecule has 0 spiro atoms. The number of anilines is 1. The van der Waals surface area contributed by atoms with Gasteiger partial charge in [0.05, 0.1) is 13.0 Å². The van der Waals surface area contributed by atoms with Crippen LogP contribution in [0, 0.1) is 18.8 Å². The Bertz CT molecular complexity index is 798. The largest absolute Gasteiger partial charge is 0.469 e. The number of hydrogen-bond donors (Lipinski definition) is 1. The summed E-state index contributed by atoms with van der Waals surface area (Å²) in [6, 6.07) is 12.6. The van der Waals surface area contributed by atoms with E-state index in [0.29, 0.717) is 22.7 Å². The Morgan fingerprint density at radius 2 is 1.81 bits per heavy atom. The first-order valence-corrected chi connectivity index (χ1v) is 8.57. The van der Waals surface area contributed by atoms with Gasteiger partial charge in [0.15, 0.2) is 5.78 Å². The smallest absolute Gasteiger partial charge is 0.309 e. The van der Waals surface area contributed by atoms with E-state index < -0.39 is 5.92 Å². The minimum Gasteiger partial charge on any atom is -0.469 e. The lowest BCUT2D eigenvalue weighted by Gasteiger charge is -2.18. The number of aryl methyl sites for hydroxylation is 1. The fraction of sp³-hybridized carbons (Fsp3) is 0.333. The molecule has 0 amide bonds. The van der Waals surface area contributed by atoms with E-state index in [1.165, 1.54) is 7.11 Å². The second kappa shape index (κ2) is 8.52. The molecule has 26 heavy (non-hydrogen) atoms. The summed E-state index contributed by atoms with van der Waals surface area (Å²) in [5.41, 5.74) is 7.68. The molecule has 138 valence electrons. The third-order valence-corrected chi connectivity index (χ3v) is 4.36. The first-order valence-electron chi connectivity index (χ1n) is 8.57. The van der Waals surface area contributed by atoms with Gasteiger partial charge in [0.2, 0.25) is 0 Å². The van der Waals surface area contributed by atoms with Crippen molar-refractivity contribution in [3.05, 3.63) is 53.6 Å². The monoisotopic (exact) mass is 355 g/mol.